The normalized spacial score (nSPS) is 20.4. The second kappa shape index (κ2) is 9.12. The number of carboxylic acids is 1. The number of imidazole rings is 1. The van der Waals surface area contributed by atoms with Gasteiger partial charge in [0.25, 0.3) is 0 Å². The van der Waals surface area contributed by atoms with Gasteiger partial charge < -0.3 is 19.7 Å². The second-order valence-corrected chi connectivity index (χ2v) is 7.43. The molecule has 2 aliphatic heterocycles. The van der Waals surface area contributed by atoms with Crippen molar-refractivity contribution in [3.8, 4) is 0 Å². The van der Waals surface area contributed by atoms with Gasteiger partial charge in [-0.3, -0.25) is 9.69 Å². The lowest BCUT2D eigenvalue weighted by Crippen LogP contribution is -2.44. The number of rotatable bonds is 4. The fourth-order valence-electron chi connectivity index (χ4n) is 3.51. The van der Waals surface area contributed by atoms with Gasteiger partial charge in [-0.1, -0.05) is 0 Å². The molecule has 1 amide bonds. The van der Waals surface area contributed by atoms with Crippen LogP contribution in [0.3, 0.4) is 0 Å². The zero-order valence-corrected chi connectivity index (χ0v) is 16.0. The van der Waals surface area contributed by atoms with E-state index in [1.54, 1.807) is 0 Å². The average Bonchev–Trinajstić information content (AvgIpc) is 3.47. The molecule has 0 atom stereocenters. The van der Waals surface area contributed by atoms with Crippen molar-refractivity contribution >= 4 is 11.9 Å². The van der Waals surface area contributed by atoms with Crippen molar-refractivity contribution in [2.75, 3.05) is 19.8 Å². The van der Waals surface area contributed by atoms with E-state index in [1.807, 2.05) is 6.20 Å². The van der Waals surface area contributed by atoms with E-state index in [-0.39, 0.29) is 11.8 Å². The Kier molecular flexibility index (Phi) is 6.78. The van der Waals surface area contributed by atoms with E-state index in [0.717, 1.165) is 70.0 Å². The largest absolute Gasteiger partial charge is 0.490 e. The van der Waals surface area contributed by atoms with Crippen LogP contribution in [0.1, 0.15) is 37.2 Å². The first kappa shape index (κ1) is 21.6. The summed E-state index contributed by atoms with van der Waals surface area (Å²) in [5.74, 6) is -1.15. The highest BCUT2D eigenvalue weighted by Gasteiger charge is 2.38. The molecule has 29 heavy (non-hydrogen) atoms. The molecular formula is C18H25F3N4O4. The second-order valence-electron chi connectivity index (χ2n) is 7.43. The lowest BCUT2D eigenvalue weighted by molar-refractivity contribution is -0.192. The van der Waals surface area contributed by atoms with E-state index in [4.69, 9.17) is 14.6 Å². The van der Waals surface area contributed by atoms with Gasteiger partial charge in [0.2, 0.25) is 5.91 Å². The first-order valence-electron chi connectivity index (χ1n) is 9.68. The molecule has 0 aromatic carbocycles. The van der Waals surface area contributed by atoms with E-state index in [1.165, 1.54) is 0 Å². The van der Waals surface area contributed by atoms with E-state index >= 15 is 0 Å². The summed E-state index contributed by atoms with van der Waals surface area (Å²) in [6.07, 6.45) is 1.21. The molecule has 3 heterocycles. The Labute approximate surface area is 166 Å². The van der Waals surface area contributed by atoms with Crippen molar-refractivity contribution in [2.24, 2.45) is 5.92 Å². The number of nitrogens with one attached hydrogen (secondary N) is 1. The highest BCUT2D eigenvalue weighted by Crippen LogP contribution is 2.29. The third-order valence-corrected chi connectivity index (χ3v) is 5.32. The van der Waals surface area contributed by atoms with Crippen molar-refractivity contribution in [1.82, 2.24) is 19.8 Å². The van der Waals surface area contributed by atoms with Gasteiger partial charge in [0, 0.05) is 38.3 Å². The zero-order valence-electron chi connectivity index (χ0n) is 16.0. The van der Waals surface area contributed by atoms with Gasteiger partial charge in [-0.25, -0.2) is 9.78 Å². The Bertz CT molecular complexity index is 727. The van der Waals surface area contributed by atoms with E-state index in [2.05, 4.69) is 19.8 Å². The summed E-state index contributed by atoms with van der Waals surface area (Å²) in [5.41, 5.74) is 1.13. The fourth-order valence-corrected chi connectivity index (χ4v) is 3.51. The van der Waals surface area contributed by atoms with Crippen LogP contribution in [0, 0.1) is 5.92 Å². The number of fused-ring (bicyclic) bond motifs is 1. The molecule has 0 radical (unpaired) electrons. The number of carbonyl (C=O) groups is 2. The van der Waals surface area contributed by atoms with E-state index in [0.29, 0.717) is 12.6 Å². The fraction of sp³-hybridized carbons (Fsp3) is 0.722. The minimum Gasteiger partial charge on any atom is -0.475 e. The molecule has 3 aliphatic rings. The molecule has 0 spiro atoms. The number of amides is 1. The molecule has 11 heteroatoms. The number of aromatic nitrogens is 2. The molecule has 162 valence electrons. The van der Waals surface area contributed by atoms with E-state index in [9.17, 15) is 18.0 Å². The number of hydrogen-bond donors (Lipinski definition) is 2. The topological polar surface area (TPSA) is 96.7 Å². The van der Waals surface area contributed by atoms with Crippen LogP contribution in [0.5, 0.6) is 0 Å². The predicted octanol–water partition coefficient (Wildman–Crippen LogP) is 1.54. The summed E-state index contributed by atoms with van der Waals surface area (Å²) in [6, 6.07) is 0.636. The number of hydrogen-bond acceptors (Lipinski definition) is 5. The maximum atomic E-state index is 11.8. The van der Waals surface area contributed by atoms with Gasteiger partial charge in [-0.05, 0) is 25.7 Å². The lowest BCUT2D eigenvalue weighted by atomic mass is 10.1. The third kappa shape index (κ3) is 5.92. The van der Waals surface area contributed by atoms with Crippen LogP contribution in [0.15, 0.2) is 6.20 Å². The van der Waals surface area contributed by atoms with Crippen LogP contribution in [-0.4, -0.2) is 63.4 Å². The van der Waals surface area contributed by atoms with Gasteiger partial charge in [-0.2, -0.15) is 13.2 Å². The van der Waals surface area contributed by atoms with Crippen LogP contribution in [0.4, 0.5) is 13.2 Å². The van der Waals surface area contributed by atoms with Crippen molar-refractivity contribution in [2.45, 2.75) is 57.5 Å². The SMILES string of the molecule is O=C(NCc1cnc2n1CCN(C1CCOCC1)C2)C1CC1.O=C(O)C(F)(F)F. The number of alkyl halides is 3. The molecule has 1 aromatic rings. The minimum absolute atomic E-state index is 0.204. The Balaban J connectivity index is 0.000000298. The first-order valence-corrected chi connectivity index (χ1v) is 9.68. The molecule has 0 unspecified atom stereocenters. The van der Waals surface area contributed by atoms with Crippen molar-refractivity contribution in [1.29, 1.82) is 0 Å². The van der Waals surface area contributed by atoms with Crippen LogP contribution >= 0.6 is 0 Å². The summed E-state index contributed by atoms with van der Waals surface area (Å²) in [5, 5.41) is 10.2. The summed E-state index contributed by atoms with van der Waals surface area (Å²) in [6.45, 7) is 5.34. The molecule has 1 saturated heterocycles. The maximum absolute atomic E-state index is 11.8. The molecule has 2 N–H and O–H groups in total. The average molecular weight is 418 g/mol. The Hall–Kier alpha value is -2.14. The number of carboxylic acid groups (broad SMARTS) is 1. The minimum atomic E-state index is -5.08. The van der Waals surface area contributed by atoms with Gasteiger partial charge in [0.05, 0.1) is 25.0 Å². The summed E-state index contributed by atoms with van der Waals surface area (Å²) >= 11 is 0. The van der Waals surface area contributed by atoms with Gasteiger partial charge in [-0.15, -0.1) is 0 Å². The van der Waals surface area contributed by atoms with Gasteiger partial charge >= 0.3 is 12.1 Å². The molecule has 1 aliphatic carbocycles. The van der Waals surface area contributed by atoms with Crippen LogP contribution < -0.4 is 5.32 Å². The smallest absolute Gasteiger partial charge is 0.475 e. The van der Waals surface area contributed by atoms with Crippen molar-refractivity contribution in [3.63, 3.8) is 0 Å². The molecule has 0 bridgehead atoms. The molecule has 2 fully saturated rings. The van der Waals surface area contributed by atoms with Gasteiger partial charge in [0.1, 0.15) is 5.82 Å². The maximum Gasteiger partial charge on any atom is 0.490 e. The van der Waals surface area contributed by atoms with Gasteiger partial charge in [0.15, 0.2) is 0 Å². The summed E-state index contributed by atoms with van der Waals surface area (Å²) in [4.78, 5) is 27.8. The van der Waals surface area contributed by atoms with Crippen LogP contribution in [0.25, 0.3) is 0 Å². The number of halogens is 3. The number of aliphatic carboxylic acids is 1. The molecule has 1 saturated carbocycles. The van der Waals surface area contributed by atoms with Crippen LogP contribution in [-0.2, 0) is 34.0 Å². The van der Waals surface area contributed by atoms with Crippen LogP contribution in [0.2, 0.25) is 0 Å². The standard InChI is InChI=1S/C16H24N4O2.C2HF3O2/c21-16(12-1-2-12)18-10-14-9-17-15-11-19(5-6-20(14)15)13-3-7-22-8-4-13;3-2(4,5)1(6)7/h9,12-13H,1-8,10-11H2,(H,18,21);(H,6,7). The summed E-state index contributed by atoms with van der Waals surface area (Å²) < 4.78 is 39.5. The number of carbonyl (C=O) groups excluding carboxylic acids is 1. The molecule has 1 aromatic heterocycles. The number of ether oxygens (including phenoxy) is 1. The Morgan fingerprint density at radius 3 is 2.45 bits per heavy atom. The highest BCUT2D eigenvalue weighted by atomic mass is 19.4. The molecule has 8 nitrogen and oxygen atoms in total. The highest BCUT2D eigenvalue weighted by molar-refractivity contribution is 5.80. The third-order valence-electron chi connectivity index (χ3n) is 5.32. The number of nitrogens with zero attached hydrogens (tertiary/aromatic N) is 3. The quantitative estimate of drug-likeness (QED) is 0.770. The lowest BCUT2D eigenvalue weighted by Gasteiger charge is -2.37. The zero-order chi connectivity index (χ0) is 21.0. The van der Waals surface area contributed by atoms with E-state index < -0.39 is 12.1 Å². The summed E-state index contributed by atoms with van der Waals surface area (Å²) in [7, 11) is 0. The van der Waals surface area contributed by atoms with Crippen molar-refractivity contribution < 1.29 is 32.6 Å². The first-order chi connectivity index (χ1) is 13.8. The van der Waals surface area contributed by atoms with Crippen molar-refractivity contribution in [3.05, 3.63) is 17.7 Å². The molecule has 4 rings (SSSR count). The Morgan fingerprint density at radius 2 is 1.86 bits per heavy atom. The monoisotopic (exact) mass is 418 g/mol. The predicted molar refractivity (Wildman–Crippen MR) is 94.7 cm³/mol. The Morgan fingerprint density at radius 1 is 1.21 bits per heavy atom. The molecular weight excluding hydrogens is 393 g/mol.